The maximum absolute atomic E-state index is 12.5. The summed E-state index contributed by atoms with van der Waals surface area (Å²) >= 11 is 0. The number of hydrogen-bond donors (Lipinski definition) is 4. The summed E-state index contributed by atoms with van der Waals surface area (Å²) in [5.74, 6) is -0.722. The van der Waals surface area contributed by atoms with Gasteiger partial charge in [-0.05, 0) is 31.0 Å². The maximum Gasteiger partial charge on any atom is 0.362 e. The number of hydrogen-bond acceptors (Lipinski definition) is 7. The fourth-order valence-corrected chi connectivity index (χ4v) is 2.68. The van der Waals surface area contributed by atoms with Crippen LogP contribution >= 0.6 is 0 Å². The van der Waals surface area contributed by atoms with Crippen LogP contribution in [0.3, 0.4) is 0 Å². The molecule has 0 aromatic heterocycles. The number of hydroxylamine groups is 1. The van der Waals surface area contributed by atoms with E-state index in [1.54, 1.807) is 6.07 Å². The zero-order valence-electron chi connectivity index (χ0n) is 14.7. The summed E-state index contributed by atoms with van der Waals surface area (Å²) in [7, 11) is 0. The lowest BCUT2D eigenvalue weighted by molar-refractivity contribution is 0.0347. The van der Waals surface area contributed by atoms with Gasteiger partial charge in [0.25, 0.3) is 0 Å². The van der Waals surface area contributed by atoms with Gasteiger partial charge in [-0.15, -0.1) is 0 Å². The van der Waals surface area contributed by atoms with Crippen LogP contribution < -0.4 is 16.0 Å². The molecule has 138 valence electrons. The predicted octanol–water partition coefficient (Wildman–Crippen LogP) is 2.34. The Morgan fingerprint density at radius 3 is 2.69 bits per heavy atom. The molecule has 0 radical (unpaired) electrons. The minimum atomic E-state index is -0.769. The largest absolute Gasteiger partial charge is 0.486 e. The number of rotatable bonds is 5. The Morgan fingerprint density at radius 2 is 2.12 bits per heavy atom. The SMILES string of the molecule is CCC1(CC)CC(=O)c2cc(C(=O)ONC(=N)/C(C=N)=C/N)ccc2O1. The first-order valence-electron chi connectivity index (χ1n) is 8.24. The lowest BCUT2D eigenvalue weighted by Crippen LogP contribution is -2.41. The van der Waals surface area contributed by atoms with Gasteiger partial charge in [0.1, 0.15) is 11.4 Å². The number of nitrogens with two attached hydrogens (primary N) is 1. The summed E-state index contributed by atoms with van der Waals surface area (Å²) in [4.78, 5) is 29.5. The van der Waals surface area contributed by atoms with E-state index in [2.05, 4.69) is 5.48 Å². The molecule has 0 saturated carbocycles. The van der Waals surface area contributed by atoms with Gasteiger partial charge in [-0.1, -0.05) is 13.8 Å². The molecular formula is C18H22N4O4. The van der Waals surface area contributed by atoms with Gasteiger partial charge >= 0.3 is 5.97 Å². The fourth-order valence-electron chi connectivity index (χ4n) is 2.68. The van der Waals surface area contributed by atoms with Gasteiger partial charge in [0.2, 0.25) is 0 Å². The topological polar surface area (TPSA) is 138 Å². The number of amidine groups is 1. The Morgan fingerprint density at radius 1 is 1.42 bits per heavy atom. The van der Waals surface area contributed by atoms with E-state index in [4.69, 9.17) is 26.1 Å². The summed E-state index contributed by atoms with van der Waals surface area (Å²) in [6.07, 6.45) is 3.59. The molecule has 8 heteroatoms. The van der Waals surface area contributed by atoms with E-state index in [9.17, 15) is 9.59 Å². The summed E-state index contributed by atoms with van der Waals surface area (Å²) in [6, 6.07) is 4.51. The van der Waals surface area contributed by atoms with Crippen LogP contribution in [0.15, 0.2) is 30.0 Å². The molecule has 1 heterocycles. The van der Waals surface area contributed by atoms with Gasteiger partial charge in [0, 0.05) is 12.4 Å². The molecule has 0 atom stereocenters. The molecule has 0 fully saturated rings. The molecule has 0 spiro atoms. The number of ketones is 1. The third kappa shape index (κ3) is 3.74. The highest BCUT2D eigenvalue weighted by Gasteiger charge is 2.38. The quantitative estimate of drug-likeness (QED) is 0.362. The zero-order chi connectivity index (χ0) is 19.3. The van der Waals surface area contributed by atoms with Crippen molar-refractivity contribution in [3.8, 4) is 5.75 Å². The van der Waals surface area contributed by atoms with E-state index in [1.807, 2.05) is 13.8 Å². The third-order valence-corrected chi connectivity index (χ3v) is 4.48. The second kappa shape index (κ2) is 7.81. The Balaban J connectivity index is 2.15. The van der Waals surface area contributed by atoms with Crippen molar-refractivity contribution in [3.05, 3.63) is 41.1 Å². The van der Waals surface area contributed by atoms with Crippen LogP contribution in [0.4, 0.5) is 0 Å². The molecule has 1 aromatic rings. The fraction of sp³-hybridized carbons (Fsp3) is 0.333. The summed E-state index contributed by atoms with van der Waals surface area (Å²) in [5, 5.41) is 14.7. The average Bonchev–Trinajstić information content (AvgIpc) is 2.66. The summed E-state index contributed by atoms with van der Waals surface area (Å²) in [6.45, 7) is 3.96. The molecule has 0 aliphatic carbocycles. The van der Waals surface area contributed by atoms with E-state index in [-0.39, 0.29) is 29.2 Å². The number of Topliss-reactive ketones (excluding diaryl/α,β-unsaturated/α-hetero) is 1. The predicted molar refractivity (Wildman–Crippen MR) is 96.7 cm³/mol. The zero-order valence-corrected chi connectivity index (χ0v) is 14.7. The molecule has 26 heavy (non-hydrogen) atoms. The van der Waals surface area contributed by atoms with Crippen molar-refractivity contribution in [3.63, 3.8) is 0 Å². The molecule has 0 saturated heterocycles. The molecule has 1 aliphatic heterocycles. The van der Waals surface area contributed by atoms with Crippen molar-refractivity contribution in [2.24, 2.45) is 5.73 Å². The van der Waals surface area contributed by atoms with Crippen LogP contribution in [0.5, 0.6) is 5.75 Å². The van der Waals surface area contributed by atoms with Crippen molar-refractivity contribution in [1.29, 1.82) is 10.8 Å². The Labute approximate surface area is 151 Å². The van der Waals surface area contributed by atoms with Crippen LogP contribution in [0.25, 0.3) is 0 Å². The minimum absolute atomic E-state index is 0.0577. The van der Waals surface area contributed by atoms with Crippen LogP contribution in [0, 0.1) is 10.8 Å². The lowest BCUT2D eigenvalue weighted by atomic mass is 9.85. The molecule has 8 nitrogen and oxygen atoms in total. The van der Waals surface area contributed by atoms with Gasteiger partial charge in [0.15, 0.2) is 11.6 Å². The van der Waals surface area contributed by atoms with Crippen LogP contribution in [-0.4, -0.2) is 29.4 Å². The first-order valence-corrected chi connectivity index (χ1v) is 8.24. The van der Waals surface area contributed by atoms with Gasteiger partial charge in [-0.3, -0.25) is 10.2 Å². The van der Waals surface area contributed by atoms with Gasteiger partial charge in [0.05, 0.1) is 23.1 Å². The molecule has 1 aromatic carbocycles. The normalized spacial score (nSPS) is 15.5. The van der Waals surface area contributed by atoms with Crippen molar-refractivity contribution in [1.82, 2.24) is 5.48 Å². The highest BCUT2D eigenvalue weighted by Crippen LogP contribution is 2.37. The number of fused-ring (bicyclic) bond motifs is 1. The van der Waals surface area contributed by atoms with E-state index >= 15 is 0 Å². The second-order valence-electron chi connectivity index (χ2n) is 5.94. The number of benzene rings is 1. The first-order chi connectivity index (χ1) is 12.4. The van der Waals surface area contributed by atoms with Crippen LogP contribution in [0.2, 0.25) is 0 Å². The van der Waals surface area contributed by atoms with Crippen LogP contribution in [-0.2, 0) is 4.84 Å². The third-order valence-electron chi connectivity index (χ3n) is 4.48. The number of nitrogens with one attached hydrogen (secondary N) is 3. The van der Waals surface area contributed by atoms with Crippen LogP contribution in [0.1, 0.15) is 53.8 Å². The smallest absolute Gasteiger partial charge is 0.362 e. The highest BCUT2D eigenvalue weighted by atomic mass is 16.7. The average molecular weight is 358 g/mol. The Bertz CT molecular complexity index is 781. The van der Waals surface area contributed by atoms with Crippen molar-refractivity contribution >= 4 is 23.8 Å². The molecule has 0 bridgehead atoms. The van der Waals surface area contributed by atoms with E-state index in [0.29, 0.717) is 24.2 Å². The Hall–Kier alpha value is -3.16. The molecule has 2 rings (SSSR count). The van der Waals surface area contributed by atoms with Gasteiger partial charge in [-0.25, -0.2) is 4.79 Å². The molecule has 0 amide bonds. The van der Waals surface area contributed by atoms with E-state index in [1.165, 1.54) is 12.1 Å². The summed E-state index contributed by atoms with van der Waals surface area (Å²) in [5.41, 5.74) is 7.42. The molecule has 5 N–H and O–H groups in total. The second-order valence-corrected chi connectivity index (χ2v) is 5.94. The van der Waals surface area contributed by atoms with E-state index in [0.717, 1.165) is 12.4 Å². The number of carbonyl (C=O) groups is 2. The standard InChI is InChI=1S/C18H22N4O4/c1-3-18(4-2)8-14(23)13-7-11(5-6-15(13)25-18)17(24)26-22-16(21)12(9-19)10-20/h5-7,9-10,19H,3-4,8,20H2,1-2H3,(H2,21,22)/b12-10+,19-9?. The Kier molecular flexibility index (Phi) is 5.76. The van der Waals surface area contributed by atoms with Crippen molar-refractivity contribution in [2.75, 3.05) is 0 Å². The number of ether oxygens (including phenoxy) is 1. The molecule has 1 aliphatic rings. The minimum Gasteiger partial charge on any atom is -0.486 e. The number of carbonyl (C=O) groups excluding carboxylic acids is 2. The monoisotopic (exact) mass is 358 g/mol. The summed E-state index contributed by atoms with van der Waals surface area (Å²) < 4.78 is 6.01. The first kappa shape index (κ1) is 19.2. The highest BCUT2D eigenvalue weighted by molar-refractivity contribution is 6.12. The lowest BCUT2D eigenvalue weighted by Gasteiger charge is -2.36. The van der Waals surface area contributed by atoms with Gasteiger partial charge in [-0.2, -0.15) is 5.48 Å². The van der Waals surface area contributed by atoms with Gasteiger partial charge < -0.3 is 20.7 Å². The molecular weight excluding hydrogens is 336 g/mol. The molecule has 0 unspecified atom stereocenters. The van der Waals surface area contributed by atoms with Crippen molar-refractivity contribution in [2.45, 2.75) is 38.7 Å². The van der Waals surface area contributed by atoms with Crippen molar-refractivity contribution < 1.29 is 19.2 Å². The van der Waals surface area contributed by atoms with E-state index < -0.39 is 11.6 Å². The maximum atomic E-state index is 12.5.